The summed E-state index contributed by atoms with van der Waals surface area (Å²) < 4.78 is 24.6. The molecule has 27 nitrogen and oxygen atoms in total. The summed E-state index contributed by atoms with van der Waals surface area (Å²) in [6.07, 6.45) is 9.18. The minimum atomic E-state index is -1.06. The van der Waals surface area contributed by atoms with Crippen LogP contribution in [0.15, 0.2) is 73.3 Å². The Hall–Kier alpha value is -7.76. The number of aliphatic hydroxyl groups excluding tert-OH is 4. The van der Waals surface area contributed by atoms with E-state index in [1.807, 2.05) is 0 Å². The number of piperidine rings is 2. The zero-order chi connectivity index (χ0) is 56.7. The van der Waals surface area contributed by atoms with Gasteiger partial charge in [-0.25, -0.2) is 34.3 Å². The van der Waals surface area contributed by atoms with Crippen molar-refractivity contribution >= 4 is 63.4 Å². The van der Waals surface area contributed by atoms with E-state index in [9.17, 15) is 38.4 Å². The van der Waals surface area contributed by atoms with Gasteiger partial charge in [-0.2, -0.15) is 0 Å². The Morgan fingerprint density at radius 3 is 1.27 bits per heavy atom. The Morgan fingerprint density at radius 2 is 0.963 bits per heavy atom. The minimum absolute atomic E-state index is 0. The highest BCUT2D eigenvalue weighted by molar-refractivity contribution is 9.09. The second kappa shape index (κ2) is 49.3. The molecule has 6 heterocycles. The number of pyridine rings is 4. The van der Waals surface area contributed by atoms with Crippen LogP contribution in [0, 0.1) is 0 Å². The van der Waals surface area contributed by atoms with Crippen molar-refractivity contribution in [2.45, 2.75) is 101 Å². The Kier molecular flexibility index (Phi) is 50.0. The van der Waals surface area contributed by atoms with Gasteiger partial charge in [0.2, 0.25) is 23.6 Å². The highest BCUT2D eigenvalue weighted by Gasteiger charge is 2.28. The van der Waals surface area contributed by atoms with Gasteiger partial charge in [0.15, 0.2) is 0 Å². The molecule has 456 valence electrons. The first-order chi connectivity index (χ1) is 36.5. The maximum atomic E-state index is 12.0. The molecular formula is C53H83BrN8O19. The highest BCUT2D eigenvalue weighted by atomic mass is 79.9. The lowest BCUT2D eigenvalue weighted by Crippen LogP contribution is -2.52. The summed E-state index contributed by atoms with van der Waals surface area (Å²) in [5, 5.41) is 58.8. The van der Waals surface area contributed by atoms with Gasteiger partial charge in [-0.15, -0.1) is 0 Å². The molecule has 0 bridgehead atoms. The maximum absolute atomic E-state index is 12.0. The summed E-state index contributed by atoms with van der Waals surface area (Å²) in [4.78, 5) is 103. The van der Waals surface area contributed by atoms with E-state index in [-0.39, 0.29) is 116 Å². The predicted octanol–water partition coefficient (Wildman–Crippen LogP) is 3.82. The maximum Gasteiger partial charge on any atom is 0.356 e. The summed E-state index contributed by atoms with van der Waals surface area (Å²) in [5.41, 5.74) is 5.84. The Labute approximate surface area is 481 Å². The molecule has 2 aliphatic heterocycles. The van der Waals surface area contributed by atoms with E-state index in [1.165, 1.54) is 75.4 Å². The number of carboxylic acids is 1. The zero-order valence-electron chi connectivity index (χ0n) is 41.6. The van der Waals surface area contributed by atoms with Gasteiger partial charge in [0.05, 0.1) is 64.9 Å². The van der Waals surface area contributed by atoms with E-state index >= 15 is 0 Å². The van der Waals surface area contributed by atoms with Crippen LogP contribution >= 0.6 is 15.9 Å². The molecule has 2 saturated heterocycles. The topological polar surface area (TPSA) is 418 Å². The molecule has 2 unspecified atom stereocenters. The number of aliphatic hydroxyl groups is 4. The molecule has 6 rings (SSSR count). The third-order valence-electron chi connectivity index (χ3n) is 9.03. The molecule has 81 heavy (non-hydrogen) atoms. The summed E-state index contributed by atoms with van der Waals surface area (Å²) >= 11 is 3.15. The van der Waals surface area contributed by atoms with Gasteiger partial charge < -0.3 is 65.4 Å². The fourth-order valence-electron chi connectivity index (χ4n) is 5.09. The van der Waals surface area contributed by atoms with Crippen LogP contribution in [0.5, 0.6) is 23.0 Å². The monoisotopic (exact) mass is 1210 g/mol. The van der Waals surface area contributed by atoms with Crippen molar-refractivity contribution in [3.63, 3.8) is 0 Å². The van der Waals surface area contributed by atoms with Crippen LogP contribution in [-0.4, -0.2) is 176 Å². The molecule has 4 aromatic heterocycles. The molecule has 4 aromatic rings. The number of ether oxygens (including phenoxy) is 5. The van der Waals surface area contributed by atoms with Crippen LogP contribution in [0.1, 0.15) is 130 Å². The van der Waals surface area contributed by atoms with Gasteiger partial charge in [0, 0.05) is 63.9 Å². The number of halogens is 1. The van der Waals surface area contributed by atoms with Gasteiger partial charge >= 0.3 is 17.9 Å². The Balaban J connectivity index is -0.000000294. The van der Waals surface area contributed by atoms with E-state index in [4.69, 9.17) is 50.6 Å². The molecule has 2 atom stereocenters. The van der Waals surface area contributed by atoms with Gasteiger partial charge in [-0.3, -0.25) is 34.6 Å². The first kappa shape index (κ1) is 82.1. The molecule has 0 radical (unpaired) electrons. The van der Waals surface area contributed by atoms with Crippen LogP contribution in [0.2, 0.25) is 0 Å². The van der Waals surface area contributed by atoms with Crippen molar-refractivity contribution in [2.75, 3.05) is 65.8 Å². The van der Waals surface area contributed by atoms with Gasteiger partial charge in [-0.05, 0) is 67.8 Å². The average Bonchev–Trinajstić information content (AvgIpc) is 3.42. The van der Waals surface area contributed by atoms with Crippen molar-refractivity contribution in [3.8, 4) is 23.0 Å². The number of methoxy groups -OCH3 is 2. The van der Waals surface area contributed by atoms with E-state index < -0.39 is 41.8 Å². The number of nitrogens with zero attached hydrogens (tertiary/aromatic N) is 4. The number of carbonyl (C=O) groups excluding carboxylic acids is 7. The number of rotatable bonds is 19. The lowest BCUT2D eigenvalue weighted by atomic mass is 10.1. The first-order valence-electron chi connectivity index (χ1n) is 23.0. The molecule has 0 aliphatic carbocycles. The van der Waals surface area contributed by atoms with Crippen molar-refractivity contribution in [1.82, 2.24) is 35.9 Å². The molecule has 0 saturated carbocycles. The third kappa shape index (κ3) is 36.2. The van der Waals surface area contributed by atoms with E-state index in [2.05, 4.69) is 61.3 Å². The number of carboxylic acid groups (broad SMARTS) is 1. The van der Waals surface area contributed by atoms with Crippen molar-refractivity contribution in [2.24, 2.45) is 5.73 Å². The summed E-state index contributed by atoms with van der Waals surface area (Å²) in [5.74, 6) is -2.37. The number of alkyl halides is 1. The first-order valence-corrected chi connectivity index (χ1v) is 24.1. The normalized spacial score (nSPS) is 13.2. The van der Waals surface area contributed by atoms with E-state index in [0.717, 1.165) is 11.8 Å². The van der Waals surface area contributed by atoms with Crippen molar-refractivity contribution < 1.29 is 92.7 Å². The number of hydrogen-bond acceptors (Lipinski definition) is 23. The standard InChI is InChI=1S/C14H17N3O5.C10H13NO4.C9H11NO4.C7H7NO3.C5H8N2O2.C3H7BrO.5CH4/c18-6-1-7-22-9-2-3-10(15-8-9)13(20)16-11-4-5-12(19)17-14(11)21;1-14-10(13)9-4-3-8(7-11-9)15-6-2-5-12;11-4-1-5-14-7-2-3-8(9(12)13)10-6-7;1-11-7(10)6-3-2-5(9)4-8-6;6-3-1-2-4(8)7-5(3)9;4-2-1-3-5;;;;;/h2-3,8,11,18H,1,4-7H2,(H,16,20)(H,17,19,21);3-4,7,12H,2,5-6H2,1H3;2-3,6,11H,1,4-5H2,(H,12,13);2-4,9H,1H3;3H,1-2,6H2,(H,7,8,9);5H,1-3H2;5*1H4. The summed E-state index contributed by atoms with van der Waals surface area (Å²) in [6, 6.07) is 10.7. The predicted molar refractivity (Wildman–Crippen MR) is 303 cm³/mol. The third-order valence-corrected chi connectivity index (χ3v) is 9.59. The zero-order valence-corrected chi connectivity index (χ0v) is 43.2. The van der Waals surface area contributed by atoms with Crippen molar-refractivity contribution in [1.29, 1.82) is 0 Å². The number of nitrogens with one attached hydrogen (secondary N) is 3. The van der Waals surface area contributed by atoms with Crippen LogP contribution in [0.3, 0.4) is 0 Å². The van der Waals surface area contributed by atoms with E-state index in [1.54, 1.807) is 12.1 Å². The number of hydrogen-bond donors (Lipinski definition) is 10. The molecule has 0 aromatic carbocycles. The second-order valence-corrected chi connectivity index (χ2v) is 15.7. The minimum Gasteiger partial charge on any atom is -0.506 e. The summed E-state index contributed by atoms with van der Waals surface area (Å²) in [6.45, 7) is 1.68. The van der Waals surface area contributed by atoms with Crippen LogP contribution < -0.4 is 35.9 Å². The number of amides is 5. The molecule has 0 spiro atoms. The highest BCUT2D eigenvalue weighted by Crippen LogP contribution is 2.13. The number of aromatic hydroxyl groups is 1. The smallest absolute Gasteiger partial charge is 0.356 e. The van der Waals surface area contributed by atoms with E-state index in [0.29, 0.717) is 75.8 Å². The largest absolute Gasteiger partial charge is 0.506 e. The Bertz CT molecular complexity index is 2370. The number of imide groups is 2. The molecule has 5 amide bonds. The molecule has 11 N–H and O–H groups in total. The quantitative estimate of drug-likeness (QED) is 0.0276. The van der Waals surface area contributed by atoms with Gasteiger partial charge in [-0.1, -0.05) is 53.1 Å². The van der Waals surface area contributed by atoms with Gasteiger partial charge in [0.25, 0.3) is 5.91 Å². The van der Waals surface area contributed by atoms with Gasteiger partial charge in [0.1, 0.15) is 51.8 Å². The molecule has 2 aliphatic rings. The molecule has 28 heteroatoms. The average molecular weight is 1220 g/mol. The number of aromatic carboxylic acids is 1. The number of esters is 2. The SMILES string of the molecule is C.C.C.C.C.COC(=O)c1ccc(O)cn1.COC(=O)c1ccc(OCCCO)cn1.NC1CCC(=O)NC1=O.O=C(O)c1ccc(OCCCO)cn1.O=C1CCC(NC(=O)c2ccc(OCCCO)cn2)C(=O)N1.OCCCBr. The number of nitrogens with two attached hydrogens (primary N) is 1. The summed E-state index contributed by atoms with van der Waals surface area (Å²) in [7, 11) is 2.58. The number of aromatic nitrogens is 4. The number of carbonyl (C=O) groups is 8. The van der Waals surface area contributed by atoms with Crippen LogP contribution in [-0.2, 0) is 28.7 Å². The molecular weight excluding hydrogens is 1130 g/mol. The van der Waals surface area contributed by atoms with Crippen LogP contribution in [0.25, 0.3) is 0 Å². The van der Waals surface area contributed by atoms with Crippen molar-refractivity contribution in [3.05, 3.63) is 96.1 Å². The lowest BCUT2D eigenvalue weighted by Gasteiger charge is -2.21. The fourth-order valence-corrected chi connectivity index (χ4v) is 5.34. The lowest BCUT2D eigenvalue weighted by molar-refractivity contribution is -0.135. The fraction of sp³-hybridized carbons (Fsp3) is 0.472. The second-order valence-electron chi connectivity index (χ2n) is 14.9. The molecule has 2 fully saturated rings. The Morgan fingerprint density at radius 1 is 0.580 bits per heavy atom. The van der Waals surface area contributed by atoms with Crippen LogP contribution in [0.4, 0.5) is 0 Å².